The van der Waals surface area contributed by atoms with Crippen LogP contribution in [0.4, 0.5) is 0 Å². The van der Waals surface area contributed by atoms with Gasteiger partial charge >= 0.3 is 5.97 Å². The second kappa shape index (κ2) is 4.16. The topological polar surface area (TPSA) is 37.3 Å². The third kappa shape index (κ3) is 1.83. The highest BCUT2D eigenvalue weighted by molar-refractivity contribution is 6.21. The van der Waals surface area contributed by atoms with Crippen LogP contribution in [0, 0.1) is 11.8 Å². The summed E-state index contributed by atoms with van der Waals surface area (Å²) in [6.07, 6.45) is 8.82. The van der Waals surface area contributed by atoms with Crippen LogP contribution in [0.15, 0.2) is 22.8 Å². The Morgan fingerprint density at radius 3 is 2.82 bits per heavy atom. The van der Waals surface area contributed by atoms with Crippen LogP contribution in [0.5, 0.6) is 0 Å². The molecule has 0 aromatic heterocycles. The lowest BCUT2D eigenvalue weighted by Crippen LogP contribution is -2.22. The van der Waals surface area contributed by atoms with Gasteiger partial charge in [-0.15, -0.1) is 11.6 Å². The van der Waals surface area contributed by atoms with E-state index in [2.05, 4.69) is 6.08 Å². The van der Waals surface area contributed by atoms with Gasteiger partial charge < -0.3 is 5.11 Å². The van der Waals surface area contributed by atoms with E-state index in [4.69, 9.17) is 16.7 Å². The number of carboxylic acid groups (broad SMARTS) is 1. The molecular weight excluding hydrogens is 236 g/mol. The lowest BCUT2D eigenvalue weighted by atomic mass is 9.80. The summed E-state index contributed by atoms with van der Waals surface area (Å²) < 4.78 is 0. The van der Waals surface area contributed by atoms with Crippen LogP contribution in [0.3, 0.4) is 0 Å². The molecule has 3 heteroatoms. The minimum atomic E-state index is -0.676. The zero-order chi connectivity index (χ0) is 12.0. The normalized spacial score (nSPS) is 36.3. The Labute approximate surface area is 106 Å². The number of alkyl halides is 1. The first-order chi connectivity index (χ1) is 8.20. The van der Waals surface area contributed by atoms with Gasteiger partial charge in [0.05, 0.1) is 0 Å². The van der Waals surface area contributed by atoms with Crippen molar-refractivity contribution < 1.29 is 9.90 Å². The van der Waals surface area contributed by atoms with Crippen LogP contribution in [0.2, 0.25) is 0 Å². The highest BCUT2D eigenvalue weighted by Crippen LogP contribution is 2.54. The lowest BCUT2D eigenvalue weighted by Gasteiger charge is -2.29. The summed E-state index contributed by atoms with van der Waals surface area (Å²) in [6.45, 7) is 0. The number of rotatable bonds is 2. The highest BCUT2D eigenvalue weighted by Gasteiger charge is 2.47. The molecule has 1 saturated carbocycles. The van der Waals surface area contributed by atoms with Crippen molar-refractivity contribution in [1.82, 2.24) is 0 Å². The molecule has 3 atom stereocenters. The van der Waals surface area contributed by atoms with Crippen LogP contribution < -0.4 is 0 Å². The summed E-state index contributed by atoms with van der Waals surface area (Å²) in [4.78, 5) is 11.1. The monoisotopic (exact) mass is 252 g/mol. The second-order valence-electron chi connectivity index (χ2n) is 5.32. The summed E-state index contributed by atoms with van der Waals surface area (Å²) >= 11 is 6.42. The first kappa shape index (κ1) is 11.3. The highest BCUT2D eigenvalue weighted by atomic mass is 35.5. The molecule has 0 spiro atoms. The maximum Gasteiger partial charge on any atom is 0.315 e. The van der Waals surface area contributed by atoms with E-state index in [1.54, 1.807) is 0 Å². The maximum atomic E-state index is 11.1. The molecule has 0 bridgehead atoms. The Hall–Kier alpha value is -0.760. The first-order valence-corrected chi connectivity index (χ1v) is 6.94. The summed E-state index contributed by atoms with van der Waals surface area (Å²) in [5, 5.41) is 9.37. The van der Waals surface area contributed by atoms with E-state index in [1.807, 2.05) is 0 Å². The molecule has 3 aliphatic rings. The molecule has 0 radical (unpaired) electrons. The van der Waals surface area contributed by atoms with Crippen molar-refractivity contribution in [3.63, 3.8) is 0 Å². The standard InChI is InChI=1S/C14H17ClO2/c15-11-7-2-1-4-8(11)9-5-3-6-10-12(9)13(10)14(16)17/h5,8,11,13H,1-4,6-7H2,(H,16,17). The number of hydrogen-bond acceptors (Lipinski definition) is 1. The van der Waals surface area contributed by atoms with Crippen molar-refractivity contribution in [3.05, 3.63) is 22.8 Å². The Balaban J connectivity index is 1.81. The fourth-order valence-electron chi connectivity index (χ4n) is 3.45. The Morgan fingerprint density at radius 2 is 2.12 bits per heavy atom. The molecule has 0 heterocycles. The van der Waals surface area contributed by atoms with E-state index < -0.39 is 5.97 Å². The van der Waals surface area contributed by atoms with Crippen LogP contribution in [0.25, 0.3) is 0 Å². The van der Waals surface area contributed by atoms with Gasteiger partial charge in [-0.05, 0) is 42.4 Å². The van der Waals surface area contributed by atoms with Gasteiger partial charge in [-0.3, -0.25) is 4.79 Å². The molecule has 1 N–H and O–H groups in total. The van der Waals surface area contributed by atoms with Gasteiger partial charge in [0.2, 0.25) is 0 Å². The number of carbonyl (C=O) groups is 1. The van der Waals surface area contributed by atoms with Gasteiger partial charge in [0.25, 0.3) is 0 Å². The predicted molar refractivity (Wildman–Crippen MR) is 67.1 cm³/mol. The number of aliphatic carboxylic acids is 1. The SMILES string of the molecule is O=C(O)C1C2=C1C(C1CCCCC1Cl)=CCC2. The van der Waals surface area contributed by atoms with Gasteiger partial charge in [0.1, 0.15) is 5.92 Å². The zero-order valence-electron chi connectivity index (χ0n) is 9.79. The molecule has 1 fully saturated rings. The average molecular weight is 253 g/mol. The molecule has 92 valence electrons. The van der Waals surface area contributed by atoms with E-state index in [-0.39, 0.29) is 11.3 Å². The molecule has 0 saturated heterocycles. The van der Waals surface area contributed by atoms with E-state index in [1.165, 1.54) is 24.0 Å². The van der Waals surface area contributed by atoms with Crippen molar-refractivity contribution in [2.45, 2.75) is 43.9 Å². The van der Waals surface area contributed by atoms with Crippen LogP contribution in [-0.4, -0.2) is 16.5 Å². The second-order valence-corrected chi connectivity index (χ2v) is 5.88. The molecule has 2 nitrogen and oxygen atoms in total. The Kier molecular flexibility index (Phi) is 2.78. The predicted octanol–water partition coefficient (Wildman–Crippen LogP) is 3.52. The smallest absolute Gasteiger partial charge is 0.315 e. The van der Waals surface area contributed by atoms with Crippen LogP contribution in [0.1, 0.15) is 38.5 Å². The molecular formula is C14H17ClO2. The fraction of sp³-hybridized carbons (Fsp3) is 0.643. The van der Waals surface area contributed by atoms with E-state index in [9.17, 15) is 4.79 Å². The van der Waals surface area contributed by atoms with Crippen molar-refractivity contribution in [3.8, 4) is 0 Å². The largest absolute Gasteiger partial charge is 0.481 e. The minimum Gasteiger partial charge on any atom is -0.481 e. The van der Waals surface area contributed by atoms with E-state index >= 15 is 0 Å². The average Bonchev–Trinajstić information content (AvgIpc) is 3.04. The summed E-state index contributed by atoms with van der Waals surface area (Å²) in [6, 6.07) is 0. The summed E-state index contributed by atoms with van der Waals surface area (Å²) in [7, 11) is 0. The third-order valence-electron chi connectivity index (χ3n) is 4.32. The van der Waals surface area contributed by atoms with Crippen molar-refractivity contribution in [2.75, 3.05) is 0 Å². The molecule has 3 unspecified atom stereocenters. The molecule has 3 rings (SSSR count). The van der Waals surface area contributed by atoms with Crippen molar-refractivity contribution in [2.24, 2.45) is 11.8 Å². The number of allylic oxidation sites excluding steroid dienone is 2. The Morgan fingerprint density at radius 1 is 1.35 bits per heavy atom. The molecule has 17 heavy (non-hydrogen) atoms. The fourth-order valence-corrected chi connectivity index (χ4v) is 3.87. The Bertz CT molecular complexity index is 422. The number of carboxylic acids is 1. The zero-order valence-corrected chi connectivity index (χ0v) is 10.5. The minimum absolute atomic E-state index is 0.205. The quantitative estimate of drug-likeness (QED) is 0.764. The molecule has 0 aromatic rings. The number of halogens is 1. The van der Waals surface area contributed by atoms with Crippen molar-refractivity contribution in [1.29, 1.82) is 0 Å². The van der Waals surface area contributed by atoms with Gasteiger partial charge in [-0.25, -0.2) is 0 Å². The first-order valence-electron chi connectivity index (χ1n) is 6.50. The van der Waals surface area contributed by atoms with Gasteiger partial charge in [0, 0.05) is 11.3 Å². The van der Waals surface area contributed by atoms with E-state index in [0.29, 0.717) is 5.92 Å². The van der Waals surface area contributed by atoms with Gasteiger partial charge in [-0.1, -0.05) is 18.9 Å². The van der Waals surface area contributed by atoms with Gasteiger partial charge in [-0.2, -0.15) is 0 Å². The molecule has 0 aromatic carbocycles. The van der Waals surface area contributed by atoms with Crippen LogP contribution in [-0.2, 0) is 4.79 Å². The molecule has 3 aliphatic carbocycles. The lowest BCUT2D eigenvalue weighted by molar-refractivity contribution is -0.138. The van der Waals surface area contributed by atoms with Crippen molar-refractivity contribution >= 4 is 17.6 Å². The van der Waals surface area contributed by atoms with Gasteiger partial charge in [0.15, 0.2) is 0 Å². The summed E-state index contributed by atoms with van der Waals surface area (Å²) in [5.41, 5.74) is 3.57. The molecule has 0 aliphatic heterocycles. The van der Waals surface area contributed by atoms with E-state index in [0.717, 1.165) is 31.3 Å². The van der Waals surface area contributed by atoms with Crippen LogP contribution >= 0.6 is 11.6 Å². The maximum absolute atomic E-state index is 11.1. The molecule has 0 amide bonds. The third-order valence-corrected chi connectivity index (χ3v) is 4.84. The summed E-state index contributed by atoms with van der Waals surface area (Å²) in [5.74, 6) is -0.542. The number of hydrogen-bond donors (Lipinski definition) is 1.